The van der Waals surface area contributed by atoms with Gasteiger partial charge in [-0.1, -0.05) is 23.9 Å². The van der Waals surface area contributed by atoms with E-state index in [0.717, 1.165) is 9.90 Å². The van der Waals surface area contributed by atoms with Crippen molar-refractivity contribution in [3.63, 3.8) is 0 Å². The van der Waals surface area contributed by atoms with Crippen molar-refractivity contribution in [3.05, 3.63) is 35.9 Å². The van der Waals surface area contributed by atoms with Gasteiger partial charge in [-0.25, -0.2) is 9.37 Å². The maximum atomic E-state index is 13.9. The van der Waals surface area contributed by atoms with Crippen LogP contribution in [0.3, 0.4) is 0 Å². The van der Waals surface area contributed by atoms with Crippen molar-refractivity contribution in [1.29, 1.82) is 0 Å². The van der Waals surface area contributed by atoms with Crippen LogP contribution in [0.4, 0.5) is 4.39 Å². The summed E-state index contributed by atoms with van der Waals surface area (Å²) < 4.78 is 18.6. The first-order valence-corrected chi connectivity index (χ1v) is 7.37. The molecule has 1 fully saturated rings. The van der Waals surface area contributed by atoms with Crippen LogP contribution in [0.1, 0.15) is 18.4 Å². The van der Waals surface area contributed by atoms with E-state index in [2.05, 4.69) is 14.7 Å². The summed E-state index contributed by atoms with van der Waals surface area (Å²) in [4.78, 5) is 4.74. The summed E-state index contributed by atoms with van der Waals surface area (Å²) in [5.74, 6) is -0.190. The third kappa shape index (κ3) is 2.88. The van der Waals surface area contributed by atoms with Crippen molar-refractivity contribution >= 4 is 23.3 Å². The Morgan fingerprint density at radius 1 is 1.44 bits per heavy atom. The maximum absolute atomic E-state index is 13.9. The fraction of sp³-hybridized carbons (Fsp3) is 0.333. The maximum Gasteiger partial charge on any atom is 0.174 e. The van der Waals surface area contributed by atoms with Crippen molar-refractivity contribution < 1.29 is 4.39 Å². The van der Waals surface area contributed by atoms with Crippen LogP contribution in [-0.2, 0) is 6.54 Å². The van der Waals surface area contributed by atoms with Gasteiger partial charge in [-0.2, -0.15) is 4.37 Å². The molecule has 6 heteroatoms. The molecule has 0 saturated heterocycles. The van der Waals surface area contributed by atoms with Gasteiger partial charge in [-0.05, 0) is 36.0 Å². The summed E-state index contributed by atoms with van der Waals surface area (Å²) in [6.45, 7) is 0.712. The molecule has 0 atom stereocenters. The number of benzene rings is 1. The van der Waals surface area contributed by atoms with E-state index in [9.17, 15) is 4.39 Å². The Bertz CT molecular complexity index is 526. The van der Waals surface area contributed by atoms with Crippen LogP contribution >= 0.6 is 23.3 Å². The Hall–Kier alpha value is -0.980. The van der Waals surface area contributed by atoms with E-state index < -0.39 is 0 Å². The topological polar surface area (TPSA) is 37.8 Å². The van der Waals surface area contributed by atoms with Gasteiger partial charge in [0.1, 0.15) is 12.1 Å². The summed E-state index contributed by atoms with van der Waals surface area (Å²) in [5, 5.41) is 3.41. The van der Waals surface area contributed by atoms with Gasteiger partial charge in [0.05, 0.1) is 4.90 Å². The molecule has 18 heavy (non-hydrogen) atoms. The second kappa shape index (κ2) is 5.34. The van der Waals surface area contributed by atoms with E-state index in [0.29, 0.717) is 17.5 Å². The molecular weight excluding hydrogens is 269 g/mol. The highest BCUT2D eigenvalue weighted by molar-refractivity contribution is 8.01. The van der Waals surface area contributed by atoms with Crippen molar-refractivity contribution in [3.8, 4) is 0 Å². The lowest BCUT2D eigenvalue weighted by Crippen LogP contribution is -2.16. The Labute approximate surface area is 113 Å². The first-order chi connectivity index (χ1) is 8.83. The first-order valence-electron chi connectivity index (χ1n) is 5.78. The van der Waals surface area contributed by atoms with Gasteiger partial charge in [0.15, 0.2) is 4.34 Å². The highest BCUT2D eigenvalue weighted by Gasteiger charge is 2.21. The van der Waals surface area contributed by atoms with E-state index in [1.165, 1.54) is 48.5 Å². The highest BCUT2D eigenvalue weighted by Crippen LogP contribution is 2.33. The lowest BCUT2D eigenvalue weighted by Gasteiger charge is -2.09. The van der Waals surface area contributed by atoms with Crippen LogP contribution in [0.5, 0.6) is 0 Å². The summed E-state index contributed by atoms with van der Waals surface area (Å²) in [6.07, 6.45) is 3.96. The number of hydrogen-bond acceptors (Lipinski definition) is 5. The second-order valence-corrected chi connectivity index (χ2v) is 6.23. The lowest BCUT2D eigenvalue weighted by atomic mass is 10.2. The molecule has 1 aliphatic carbocycles. The Kier molecular flexibility index (Phi) is 3.58. The number of rotatable bonds is 5. The van der Waals surface area contributed by atoms with Gasteiger partial charge >= 0.3 is 0 Å². The van der Waals surface area contributed by atoms with Crippen molar-refractivity contribution in [1.82, 2.24) is 14.7 Å². The van der Waals surface area contributed by atoms with Gasteiger partial charge in [0.2, 0.25) is 0 Å². The van der Waals surface area contributed by atoms with Crippen LogP contribution in [0.25, 0.3) is 0 Å². The molecule has 1 N–H and O–H groups in total. The first kappa shape index (κ1) is 12.1. The molecule has 1 aliphatic rings. The molecule has 0 amide bonds. The predicted molar refractivity (Wildman–Crippen MR) is 70.3 cm³/mol. The Morgan fingerprint density at radius 3 is 3.06 bits per heavy atom. The number of nitrogens with one attached hydrogen (secondary N) is 1. The molecule has 3 nitrogen and oxygen atoms in total. The zero-order chi connectivity index (χ0) is 12.4. The van der Waals surface area contributed by atoms with Gasteiger partial charge in [-0.15, -0.1) is 0 Å². The standard InChI is InChI=1S/C12H12FN3S2/c13-10-3-1-2-8(6-14-9-4-5-9)11(10)17-12-15-7-16-18-12/h1-3,7,9,14H,4-6H2. The Balaban J connectivity index is 1.80. The fourth-order valence-electron chi connectivity index (χ4n) is 1.64. The number of aromatic nitrogens is 2. The van der Waals surface area contributed by atoms with E-state index in [4.69, 9.17) is 0 Å². The summed E-state index contributed by atoms with van der Waals surface area (Å²) >= 11 is 2.64. The minimum Gasteiger partial charge on any atom is -0.310 e. The van der Waals surface area contributed by atoms with Crippen LogP contribution in [0.15, 0.2) is 33.8 Å². The van der Waals surface area contributed by atoms with E-state index in [1.807, 2.05) is 6.07 Å². The molecule has 0 spiro atoms. The smallest absolute Gasteiger partial charge is 0.174 e. The van der Waals surface area contributed by atoms with Crippen LogP contribution < -0.4 is 5.32 Å². The molecular formula is C12H12FN3S2. The lowest BCUT2D eigenvalue weighted by molar-refractivity contribution is 0.589. The zero-order valence-electron chi connectivity index (χ0n) is 9.60. The molecule has 1 aromatic heterocycles. The van der Waals surface area contributed by atoms with Crippen LogP contribution in [-0.4, -0.2) is 15.4 Å². The van der Waals surface area contributed by atoms with Crippen molar-refractivity contribution in [2.45, 2.75) is 34.7 Å². The molecule has 1 aromatic carbocycles. The third-order valence-electron chi connectivity index (χ3n) is 2.74. The molecule has 0 bridgehead atoms. The van der Waals surface area contributed by atoms with Crippen molar-refractivity contribution in [2.75, 3.05) is 0 Å². The van der Waals surface area contributed by atoms with Crippen LogP contribution in [0, 0.1) is 5.82 Å². The molecule has 0 radical (unpaired) electrons. The van der Waals surface area contributed by atoms with E-state index in [1.54, 1.807) is 6.07 Å². The number of nitrogens with zero attached hydrogens (tertiary/aromatic N) is 2. The molecule has 1 saturated carbocycles. The minimum atomic E-state index is -0.190. The van der Waals surface area contributed by atoms with Gasteiger partial charge < -0.3 is 5.32 Å². The largest absolute Gasteiger partial charge is 0.310 e. The normalized spacial score (nSPS) is 14.9. The van der Waals surface area contributed by atoms with Gasteiger partial charge in [0, 0.05) is 12.6 Å². The molecule has 0 aliphatic heterocycles. The SMILES string of the molecule is Fc1cccc(CNC2CC2)c1Sc1ncns1. The van der Waals surface area contributed by atoms with E-state index >= 15 is 0 Å². The zero-order valence-corrected chi connectivity index (χ0v) is 11.2. The fourth-order valence-corrected chi connectivity index (χ4v) is 3.16. The molecule has 1 heterocycles. The second-order valence-electron chi connectivity index (χ2n) is 4.19. The van der Waals surface area contributed by atoms with Gasteiger partial charge in [0.25, 0.3) is 0 Å². The predicted octanol–water partition coefficient (Wildman–Crippen LogP) is 3.08. The Morgan fingerprint density at radius 2 is 2.33 bits per heavy atom. The quantitative estimate of drug-likeness (QED) is 0.914. The molecule has 3 rings (SSSR count). The number of halogens is 1. The van der Waals surface area contributed by atoms with Gasteiger partial charge in [-0.3, -0.25) is 0 Å². The van der Waals surface area contributed by atoms with E-state index in [-0.39, 0.29) is 5.82 Å². The molecule has 2 aromatic rings. The summed E-state index contributed by atoms with van der Waals surface area (Å²) in [6, 6.07) is 5.82. The summed E-state index contributed by atoms with van der Waals surface area (Å²) in [7, 11) is 0. The molecule has 94 valence electrons. The van der Waals surface area contributed by atoms with Crippen molar-refractivity contribution in [2.24, 2.45) is 0 Å². The highest BCUT2D eigenvalue weighted by atomic mass is 32.2. The van der Waals surface area contributed by atoms with Crippen LogP contribution in [0.2, 0.25) is 0 Å². The summed E-state index contributed by atoms with van der Waals surface area (Å²) in [5.41, 5.74) is 0.988. The third-order valence-corrected chi connectivity index (χ3v) is 4.61. The average molecular weight is 281 g/mol. The monoisotopic (exact) mass is 281 g/mol. The average Bonchev–Trinajstić information content (AvgIpc) is 3.06. The number of hydrogen-bond donors (Lipinski definition) is 1. The minimum absolute atomic E-state index is 0.190. The molecule has 0 unspecified atom stereocenters.